The van der Waals surface area contributed by atoms with Crippen LogP contribution in [0.1, 0.15) is 22.7 Å². The number of hydrogen-bond donors (Lipinski definition) is 2. The predicted molar refractivity (Wildman–Crippen MR) is 149 cm³/mol. The van der Waals surface area contributed by atoms with Gasteiger partial charge >= 0.3 is 0 Å². The lowest BCUT2D eigenvalue weighted by Crippen LogP contribution is -2.27. The Morgan fingerprint density at radius 3 is 2.52 bits per heavy atom. The number of anilines is 1. The first-order chi connectivity index (χ1) is 19.5. The third-order valence-electron chi connectivity index (χ3n) is 6.08. The molecule has 2 amide bonds. The maximum atomic E-state index is 13.3. The average molecular weight is 554 g/mol. The van der Waals surface area contributed by atoms with Crippen LogP contribution >= 0.6 is 11.3 Å². The van der Waals surface area contributed by atoms with E-state index >= 15 is 0 Å². The van der Waals surface area contributed by atoms with E-state index in [2.05, 4.69) is 25.8 Å². The molecule has 3 heterocycles. The summed E-state index contributed by atoms with van der Waals surface area (Å²) in [6.07, 6.45) is -0.112. The number of nitrogens with zero attached hydrogens (tertiary/aromatic N) is 3. The van der Waals surface area contributed by atoms with Crippen LogP contribution < -0.4 is 20.1 Å². The normalized spacial score (nSPS) is 14.5. The number of ether oxygens (including phenoxy) is 2. The van der Waals surface area contributed by atoms with Gasteiger partial charge in [-0.25, -0.2) is 4.98 Å². The van der Waals surface area contributed by atoms with Gasteiger partial charge in [-0.3, -0.25) is 14.9 Å². The van der Waals surface area contributed by atoms with Gasteiger partial charge in [-0.15, -0.1) is 21.5 Å². The summed E-state index contributed by atoms with van der Waals surface area (Å²) in [5.74, 6) is 1.53. The Morgan fingerprint density at radius 2 is 1.80 bits per heavy atom. The van der Waals surface area contributed by atoms with E-state index in [4.69, 9.17) is 13.9 Å². The van der Waals surface area contributed by atoms with Crippen LogP contribution in [0.5, 0.6) is 17.2 Å². The van der Waals surface area contributed by atoms with Crippen molar-refractivity contribution in [3.63, 3.8) is 0 Å². The van der Waals surface area contributed by atoms with E-state index in [1.54, 1.807) is 49.4 Å². The highest BCUT2D eigenvalue weighted by Crippen LogP contribution is 2.31. The van der Waals surface area contributed by atoms with Crippen LogP contribution in [-0.2, 0) is 4.79 Å². The average Bonchev–Trinajstić information content (AvgIpc) is 3.72. The molecule has 3 aromatic carbocycles. The Hall–Kier alpha value is -5.03. The molecule has 40 heavy (non-hydrogen) atoms. The Morgan fingerprint density at radius 1 is 1.00 bits per heavy atom. The highest BCUT2D eigenvalue weighted by atomic mass is 32.1. The lowest BCUT2D eigenvalue weighted by atomic mass is 10.1. The van der Waals surface area contributed by atoms with Crippen molar-refractivity contribution in [3.8, 4) is 40.0 Å². The second kappa shape index (κ2) is 11.0. The number of aryl methyl sites for hydroxylation is 1. The van der Waals surface area contributed by atoms with Crippen LogP contribution in [0, 0.1) is 6.92 Å². The molecule has 1 fully saturated rings. The summed E-state index contributed by atoms with van der Waals surface area (Å²) in [5.41, 5.74) is 2.77. The fraction of sp³-hybridized carbons (Fsp3) is 0.138. The zero-order chi connectivity index (χ0) is 27.5. The SMILES string of the molecule is Cc1nnc(-c2ccc(Oc3cc(O[C@@H]4CCNC4=O)cc(C(=O)Nc4nc(-c5ccccc5)cs4)c3)cc2)o1. The number of carbonyl (C=O) groups excluding carboxylic acids is 2. The van der Waals surface area contributed by atoms with E-state index in [0.29, 0.717) is 52.7 Å². The van der Waals surface area contributed by atoms with Gasteiger partial charge in [0.1, 0.15) is 17.2 Å². The first-order valence-electron chi connectivity index (χ1n) is 12.5. The van der Waals surface area contributed by atoms with E-state index in [1.807, 2.05) is 35.7 Å². The molecular weight excluding hydrogens is 530 g/mol. The highest BCUT2D eigenvalue weighted by Gasteiger charge is 2.26. The van der Waals surface area contributed by atoms with Gasteiger partial charge < -0.3 is 19.2 Å². The number of carbonyl (C=O) groups is 2. The second-order valence-corrected chi connectivity index (χ2v) is 9.85. The zero-order valence-corrected chi connectivity index (χ0v) is 22.1. The number of benzene rings is 3. The fourth-order valence-electron chi connectivity index (χ4n) is 4.13. The van der Waals surface area contributed by atoms with Crippen molar-refractivity contribution in [1.82, 2.24) is 20.5 Å². The first-order valence-corrected chi connectivity index (χ1v) is 13.4. The minimum atomic E-state index is -0.643. The number of nitrogens with one attached hydrogen (secondary N) is 2. The maximum absolute atomic E-state index is 13.3. The molecule has 1 saturated heterocycles. The van der Waals surface area contributed by atoms with Crippen molar-refractivity contribution in [2.24, 2.45) is 0 Å². The third kappa shape index (κ3) is 5.69. The summed E-state index contributed by atoms with van der Waals surface area (Å²) in [6.45, 7) is 2.26. The van der Waals surface area contributed by atoms with Crippen LogP contribution in [0.15, 0.2) is 82.6 Å². The number of thiazole rings is 1. The van der Waals surface area contributed by atoms with E-state index < -0.39 is 6.10 Å². The molecule has 0 spiro atoms. The molecule has 0 bridgehead atoms. The molecule has 5 aromatic rings. The van der Waals surface area contributed by atoms with Crippen LogP contribution in [0.4, 0.5) is 5.13 Å². The highest BCUT2D eigenvalue weighted by molar-refractivity contribution is 7.14. The van der Waals surface area contributed by atoms with Crippen molar-refractivity contribution < 1.29 is 23.5 Å². The number of hydrogen-bond acceptors (Lipinski definition) is 9. The van der Waals surface area contributed by atoms with Gasteiger partial charge in [-0.1, -0.05) is 30.3 Å². The maximum Gasteiger partial charge on any atom is 0.261 e. The number of rotatable bonds is 8. The Balaban J connectivity index is 1.24. The molecule has 2 aromatic heterocycles. The van der Waals surface area contributed by atoms with Crippen molar-refractivity contribution in [2.45, 2.75) is 19.4 Å². The first kappa shape index (κ1) is 25.3. The van der Waals surface area contributed by atoms with Crippen molar-refractivity contribution in [3.05, 3.63) is 89.6 Å². The van der Waals surface area contributed by atoms with Crippen LogP contribution in [0.3, 0.4) is 0 Å². The standard InChI is InChI=1S/C29H23N5O5S/c1-17-33-34-28(37-17)19-7-9-21(10-8-19)38-22-13-20(14-23(15-22)39-25-11-12-30-27(25)36)26(35)32-29-31-24(16-40-29)18-5-3-2-4-6-18/h2-10,13-16,25H,11-12H2,1H3,(H,30,36)(H,31,32,35)/t25-/m1/s1. The number of aromatic nitrogens is 3. The van der Waals surface area contributed by atoms with Gasteiger partial charge in [-0.2, -0.15) is 0 Å². The molecule has 2 N–H and O–H groups in total. The summed E-state index contributed by atoms with van der Waals surface area (Å²) < 4.78 is 17.5. The molecule has 200 valence electrons. The van der Waals surface area contributed by atoms with Crippen molar-refractivity contribution in [2.75, 3.05) is 11.9 Å². The lowest BCUT2D eigenvalue weighted by molar-refractivity contribution is -0.124. The topological polar surface area (TPSA) is 128 Å². The van der Waals surface area contributed by atoms with Gasteiger partial charge in [0.25, 0.3) is 11.8 Å². The minimum Gasteiger partial charge on any atom is -0.480 e. The van der Waals surface area contributed by atoms with E-state index in [9.17, 15) is 9.59 Å². The molecule has 0 aliphatic carbocycles. The van der Waals surface area contributed by atoms with Crippen LogP contribution in [0.2, 0.25) is 0 Å². The largest absolute Gasteiger partial charge is 0.480 e. The molecule has 0 saturated carbocycles. The van der Waals surface area contributed by atoms with Crippen molar-refractivity contribution >= 4 is 28.3 Å². The monoisotopic (exact) mass is 553 g/mol. The molecular formula is C29H23N5O5S. The van der Waals surface area contributed by atoms with Gasteiger partial charge in [0.2, 0.25) is 11.8 Å². The quantitative estimate of drug-likeness (QED) is 0.259. The Labute approximate surface area is 233 Å². The summed E-state index contributed by atoms with van der Waals surface area (Å²) in [7, 11) is 0. The second-order valence-electron chi connectivity index (χ2n) is 8.99. The van der Waals surface area contributed by atoms with E-state index in [-0.39, 0.29) is 11.8 Å². The molecule has 6 rings (SSSR count). The third-order valence-corrected chi connectivity index (χ3v) is 6.83. The minimum absolute atomic E-state index is 0.194. The van der Waals surface area contributed by atoms with E-state index in [1.165, 1.54) is 11.3 Å². The Kier molecular flexibility index (Phi) is 6.94. The summed E-state index contributed by atoms with van der Waals surface area (Å²) in [4.78, 5) is 29.9. The molecule has 1 aliphatic heterocycles. The molecule has 10 nitrogen and oxygen atoms in total. The smallest absolute Gasteiger partial charge is 0.261 e. The summed E-state index contributed by atoms with van der Waals surface area (Å²) >= 11 is 1.33. The molecule has 1 atom stereocenters. The fourth-order valence-corrected chi connectivity index (χ4v) is 4.85. The zero-order valence-electron chi connectivity index (χ0n) is 21.3. The predicted octanol–water partition coefficient (Wildman–Crippen LogP) is 5.48. The molecule has 11 heteroatoms. The van der Waals surface area contributed by atoms with Crippen molar-refractivity contribution in [1.29, 1.82) is 0 Å². The van der Waals surface area contributed by atoms with Gasteiger partial charge in [0, 0.05) is 48.0 Å². The van der Waals surface area contributed by atoms with Crippen LogP contribution in [-0.4, -0.2) is 39.6 Å². The summed E-state index contributed by atoms with van der Waals surface area (Å²) in [6, 6.07) is 21.7. The Bertz CT molecular complexity index is 1670. The molecule has 0 radical (unpaired) electrons. The summed E-state index contributed by atoms with van der Waals surface area (Å²) in [5, 5.41) is 15.8. The van der Waals surface area contributed by atoms with Crippen LogP contribution in [0.25, 0.3) is 22.7 Å². The van der Waals surface area contributed by atoms with E-state index in [0.717, 1.165) is 16.8 Å². The van der Waals surface area contributed by atoms with Gasteiger partial charge in [0.15, 0.2) is 11.2 Å². The van der Waals surface area contributed by atoms with Gasteiger partial charge in [0.05, 0.1) is 5.69 Å². The lowest BCUT2D eigenvalue weighted by Gasteiger charge is -2.14. The molecule has 0 unspecified atom stereocenters. The molecule has 1 aliphatic rings. The van der Waals surface area contributed by atoms with Gasteiger partial charge in [-0.05, 0) is 36.4 Å². The number of amides is 2.